The first-order valence-electron chi connectivity index (χ1n) is 9.63. The van der Waals surface area contributed by atoms with Gasteiger partial charge in [-0.2, -0.15) is 0 Å². The number of aryl methyl sites for hydroxylation is 1. The van der Waals surface area contributed by atoms with Gasteiger partial charge in [0, 0.05) is 29.1 Å². The molecule has 0 saturated heterocycles. The predicted molar refractivity (Wildman–Crippen MR) is 118 cm³/mol. The van der Waals surface area contributed by atoms with Crippen molar-refractivity contribution in [2.45, 2.75) is 37.4 Å². The van der Waals surface area contributed by atoms with Crippen LogP contribution in [0.4, 0.5) is 0 Å². The van der Waals surface area contributed by atoms with E-state index < -0.39 is 0 Å². The van der Waals surface area contributed by atoms with Crippen LogP contribution in [0.3, 0.4) is 0 Å². The first-order valence-corrected chi connectivity index (χ1v) is 11.7. The van der Waals surface area contributed by atoms with Crippen LogP contribution < -0.4 is 5.56 Å². The van der Waals surface area contributed by atoms with Gasteiger partial charge >= 0.3 is 0 Å². The van der Waals surface area contributed by atoms with E-state index in [1.54, 1.807) is 11.3 Å². The molecule has 0 spiro atoms. The van der Waals surface area contributed by atoms with Crippen molar-refractivity contribution in [1.82, 2.24) is 14.9 Å². The highest BCUT2D eigenvalue weighted by Crippen LogP contribution is 2.38. The van der Waals surface area contributed by atoms with E-state index in [4.69, 9.17) is 0 Å². The van der Waals surface area contributed by atoms with Gasteiger partial charge in [-0.05, 0) is 48.6 Å². The number of aromatic nitrogens is 2. The smallest absolute Gasteiger partial charge is 0.254 e. The second-order valence-corrected chi connectivity index (χ2v) is 8.88. The lowest BCUT2D eigenvalue weighted by Gasteiger charge is -2.36. The molecule has 0 aliphatic carbocycles. The van der Waals surface area contributed by atoms with E-state index in [1.165, 1.54) is 22.2 Å². The van der Waals surface area contributed by atoms with Gasteiger partial charge in [0.15, 0.2) is 5.16 Å². The molecule has 7 heteroatoms. The monoisotopic (exact) mass is 425 g/mol. The number of nitrogens with one attached hydrogen (secondary N) is 1. The average Bonchev–Trinajstić information content (AvgIpc) is 3.21. The molecule has 0 fully saturated rings. The minimum absolute atomic E-state index is 0.0601. The Morgan fingerprint density at radius 1 is 1.31 bits per heavy atom. The SMILES string of the molecule is CSc1nc(C)c(CCC(=O)N2CCc3sccc3[C@@H]2c2ccccc2)c(=O)[nH]1. The molecule has 1 aliphatic rings. The summed E-state index contributed by atoms with van der Waals surface area (Å²) in [6.07, 6.45) is 3.45. The number of thiophene rings is 1. The number of carbonyl (C=O) groups is 1. The van der Waals surface area contributed by atoms with E-state index in [1.807, 2.05) is 36.3 Å². The fraction of sp³-hybridized carbons (Fsp3) is 0.318. The minimum Gasteiger partial charge on any atom is -0.331 e. The number of carbonyl (C=O) groups excluding carboxylic acids is 1. The standard InChI is InChI=1S/C22H23N3O2S2/c1-14-16(21(27)24-22(23-14)28-2)8-9-19(26)25-12-10-18-17(11-13-29-18)20(25)15-6-4-3-5-7-15/h3-7,11,13,20H,8-10,12H2,1-2H3,(H,23,24,27)/t20-/m0/s1. The molecule has 1 amide bonds. The second-order valence-electron chi connectivity index (χ2n) is 7.09. The zero-order chi connectivity index (χ0) is 20.4. The summed E-state index contributed by atoms with van der Waals surface area (Å²) in [7, 11) is 0. The van der Waals surface area contributed by atoms with Gasteiger partial charge in [-0.3, -0.25) is 9.59 Å². The van der Waals surface area contributed by atoms with Crippen LogP contribution in [0.5, 0.6) is 0 Å². The highest BCUT2D eigenvalue weighted by Gasteiger charge is 2.32. The van der Waals surface area contributed by atoms with E-state index in [0.717, 1.165) is 12.0 Å². The van der Waals surface area contributed by atoms with Crippen LogP contribution >= 0.6 is 23.1 Å². The number of rotatable bonds is 5. The number of amides is 1. The van der Waals surface area contributed by atoms with Crippen molar-refractivity contribution in [2.24, 2.45) is 0 Å². The zero-order valence-electron chi connectivity index (χ0n) is 16.5. The van der Waals surface area contributed by atoms with Gasteiger partial charge in [0.1, 0.15) is 0 Å². The van der Waals surface area contributed by atoms with Gasteiger partial charge < -0.3 is 9.88 Å². The summed E-state index contributed by atoms with van der Waals surface area (Å²) in [5, 5.41) is 2.71. The van der Waals surface area contributed by atoms with Crippen molar-refractivity contribution in [3.05, 3.63) is 79.4 Å². The third-order valence-corrected chi connectivity index (χ3v) is 6.96. The van der Waals surface area contributed by atoms with Crippen molar-refractivity contribution in [3.8, 4) is 0 Å². The molecule has 3 aromatic rings. The molecule has 0 unspecified atom stereocenters. The van der Waals surface area contributed by atoms with Crippen LogP contribution in [0.2, 0.25) is 0 Å². The number of benzene rings is 1. The van der Waals surface area contributed by atoms with Crippen LogP contribution in [0, 0.1) is 6.92 Å². The summed E-state index contributed by atoms with van der Waals surface area (Å²) in [6.45, 7) is 2.53. The molecule has 4 rings (SSSR count). The lowest BCUT2D eigenvalue weighted by Crippen LogP contribution is -2.40. The topological polar surface area (TPSA) is 66.1 Å². The number of thioether (sulfide) groups is 1. The van der Waals surface area contributed by atoms with E-state index in [2.05, 4.69) is 33.5 Å². The highest BCUT2D eigenvalue weighted by molar-refractivity contribution is 7.98. The summed E-state index contributed by atoms with van der Waals surface area (Å²) in [5.41, 5.74) is 3.50. The van der Waals surface area contributed by atoms with Crippen molar-refractivity contribution >= 4 is 29.0 Å². The molecular formula is C22H23N3O2S2. The number of H-pyrrole nitrogens is 1. The van der Waals surface area contributed by atoms with E-state index >= 15 is 0 Å². The highest BCUT2D eigenvalue weighted by atomic mass is 32.2. The van der Waals surface area contributed by atoms with Crippen LogP contribution in [0.15, 0.2) is 51.7 Å². The van der Waals surface area contributed by atoms with Crippen molar-refractivity contribution in [1.29, 1.82) is 0 Å². The van der Waals surface area contributed by atoms with Gasteiger partial charge in [0.25, 0.3) is 5.56 Å². The molecule has 150 valence electrons. The first-order chi connectivity index (χ1) is 14.1. The van der Waals surface area contributed by atoms with Crippen LogP contribution in [-0.4, -0.2) is 33.6 Å². The minimum atomic E-state index is -0.145. The summed E-state index contributed by atoms with van der Waals surface area (Å²) in [6, 6.07) is 12.3. The lowest BCUT2D eigenvalue weighted by molar-refractivity contribution is -0.133. The zero-order valence-corrected chi connectivity index (χ0v) is 18.1. The summed E-state index contributed by atoms with van der Waals surface area (Å²) < 4.78 is 0. The molecule has 29 heavy (non-hydrogen) atoms. The quantitative estimate of drug-likeness (QED) is 0.496. The fourth-order valence-corrected chi connectivity index (χ4v) is 5.26. The molecule has 3 heterocycles. The largest absolute Gasteiger partial charge is 0.331 e. The Bertz CT molecular complexity index is 1080. The van der Waals surface area contributed by atoms with Crippen LogP contribution in [0.1, 0.15) is 39.7 Å². The van der Waals surface area contributed by atoms with E-state index in [0.29, 0.717) is 35.8 Å². The Balaban J connectivity index is 1.57. The normalized spacial score (nSPS) is 15.9. The average molecular weight is 426 g/mol. The Hall–Kier alpha value is -2.38. The van der Waals surface area contributed by atoms with Crippen molar-refractivity contribution in [3.63, 3.8) is 0 Å². The Labute approximate surface area is 178 Å². The Kier molecular flexibility index (Phi) is 5.87. The van der Waals surface area contributed by atoms with Gasteiger partial charge in [-0.1, -0.05) is 42.1 Å². The van der Waals surface area contributed by atoms with Gasteiger partial charge in [0.2, 0.25) is 5.91 Å². The van der Waals surface area contributed by atoms with E-state index in [9.17, 15) is 9.59 Å². The fourth-order valence-electron chi connectivity index (χ4n) is 3.93. The summed E-state index contributed by atoms with van der Waals surface area (Å²) in [4.78, 5) is 36.1. The Morgan fingerprint density at radius 3 is 2.83 bits per heavy atom. The first kappa shape index (κ1) is 19.9. The maximum Gasteiger partial charge on any atom is 0.254 e. The second kappa shape index (κ2) is 8.55. The molecule has 1 aromatic carbocycles. The van der Waals surface area contributed by atoms with Crippen LogP contribution in [0.25, 0.3) is 0 Å². The van der Waals surface area contributed by atoms with Gasteiger partial charge in [-0.25, -0.2) is 4.98 Å². The summed E-state index contributed by atoms with van der Waals surface area (Å²) >= 11 is 3.17. The van der Waals surface area contributed by atoms with Crippen molar-refractivity contribution in [2.75, 3.05) is 12.8 Å². The van der Waals surface area contributed by atoms with Gasteiger partial charge in [-0.15, -0.1) is 11.3 Å². The number of nitrogens with zero attached hydrogens (tertiary/aromatic N) is 2. The molecule has 0 radical (unpaired) electrons. The summed E-state index contributed by atoms with van der Waals surface area (Å²) in [5.74, 6) is 0.0726. The number of hydrogen-bond donors (Lipinski definition) is 1. The molecule has 1 aliphatic heterocycles. The predicted octanol–water partition coefficient (Wildman–Crippen LogP) is 3.97. The molecule has 5 nitrogen and oxygen atoms in total. The number of hydrogen-bond acceptors (Lipinski definition) is 5. The Morgan fingerprint density at radius 2 is 2.10 bits per heavy atom. The molecule has 0 saturated carbocycles. The maximum absolute atomic E-state index is 13.2. The molecule has 1 N–H and O–H groups in total. The molecule has 2 aromatic heterocycles. The van der Waals surface area contributed by atoms with E-state index in [-0.39, 0.29) is 17.5 Å². The number of fused-ring (bicyclic) bond motifs is 1. The van der Waals surface area contributed by atoms with Crippen LogP contribution in [-0.2, 0) is 17.6 Å². The molecule has 0 bridgehead atoms. The third kappa shape index (κ3) is 4.02. The van der Waals surface area contributed by atoms with Gasteiger partial charge in [0.05, 0.1) is 6.04 Å². The molecular weight excluding hydrogens is 402 g/mol. The third-order valence-electron chi connectivity index (χ3n) is 5.38. The number of aromatic amines is 1. The lowest BCUT2D eigenvalue weighted by atomic mass is 9.92. The maximum atomic E-state index is 13.2. The molecule has 1 atom stereocenters. The van der Waals surface area contributed by atoms with Crippen molar-refractivity contribution < 1.29 is 4.79 Å².